The van der Waals surface area contributed by atoms with Crippen LogP contribution in [0.25, 0.3) is 0 Å². The number of aldehydes is 1. The van der Waals surface area contributed by atoms with Crippen molar-refractivity contribution >= 4 is 17.9 Å². The fraction of sp³-hybridized carbons (Fsp3) is 0.500. The minimum atomic E-state index is -0.501. The van der Waals surface area contributed by atoms with Gasteiger partial charge in [0.05, 0.1) is 18.9 Å². The summed E-state index contributed by atoms with van der Waals surface area (Å²) in [7, 11) is 0. The van der Waals surface area contributed by atoms with Crippen LogP contribution in [0.4, 0.5) is 5.69 Å². The van der Waals surface area contributed by atoms with E-state index in [1.165, 1.54) is 0 Å². The monoisotopic (exact) mass is 304 g/mol. The first-order chi connectivity index (χ1) is 10.7. The van der Waals surface area contributed by atoms with Gasteiger partial charge >= 0.3 is 0 Å². The minimum Gasteiger partial charge on any atom is -0.479 e. The predicted octanol–water partition coefficient (Wildman–Crippen LogP) is 0.945. The maximum atomic E-state index is 12.4. The predicted molar refractivity (Wildman–Crippen MR) is 81.5 cm³/mol. The number of anilines is 1. The number of benzene rings is 1. The summed E-state index contributed by atoms with van der Waals surface area (Å²) in [6, 6.07) is 5.17. The van der Waals surface area contributed by atoms with Crippen molar-refractivity contribution in [2.45, 2.75) is 13.0 Å². The quantitative estimate of drug-likeness (QED) is 0.775. The standard InChI is InChI=1S/C16H20N2O4/c1-12-16(20)18(5-4-17-6-8-21-9-7-17)14-10-13(11-19)2-3-15(14)22-12/h2-3,10-12H,4-9H2,1H3. The molecule has 2 heterocycles. The molecule has 0 bridgehead atoms. The van der Waals surface area contributed by atoms with E-state index in [9.17, 15) is 9.59 Å². The molecule has 0 aromatic heterocycles. The Bertz CT molecular complexity index is 569. The lowest BCUT2D eigenvalue weighted by Crippen LogP contribution is -2.48. The number of nitrogens with zero attached hydrogens (tertiary/aromatic N) is 2. The molecule has 1 fully saturated rings. The van der Waals surface area contributed by atoms with Gasteiger partial charge in [0.2, 0.25) is 0 Å². The van der Waals surface area contributed by atoms with Crippen molar-refractivity contribution < 1.29 is 19.1 Å². The summed E-state index contributed by atoms with van der Waals surface area (Å²) in [5.74, 6) is 0.587. The van der Waals surface area contributed by atoms with Gasteiger partial charge in [0.25, 0.3) is 5.91 Å². The zero-order chi connectivity index (χ0) is 15.5. The first-order valence-corrected chi connectivity index (χ1v) is 7.56. The van der Waals surface area contributed by atoms with Crippen LogP contribution in [0.5, 0.6) is 5.75 Å². The lowest BCUT2D eigenvalue weighted by Gasteiger charge is -2.35. The SMILES string of the molecule is CC1Oc2ccc(C=O)cc2N(CCN2CCOCC2)C1=O. The van der Waals surface area contributed by atoms with Gasteiger partial charge in [-0.1, -0.05) is 0 Å². The van der Waals surface area contributed by atoms with Crippen LogP contribution in [0.2, 0.25) is 0 Å². The molecule has 1 atom stereocenters. The van der Waals surface area contributed by atoms with Gasteiger partial charge in [-0.15, -0.1) is 0 Å². The highest BCUT2D eigenvalue weighted by Crippen LogP contribution is 2.34. The lowest BCUT2D eigenvalue weighted by atomic mass is 10.1. The lowest BCUT2D eigenvalue weighted by molar-refractivity contribution is -0.125. The van der Waals surface area contributed by atoms with E-state index in [-0.39, 0.29) is 5.91 Å². The topological polar surface area (TPSA) is 59.1 Å². The number of fused-ring (bicyclic) bond motifs is 1. The van der Waals surface area contributed by atoms with E-state index >= 15 is 0 Å². The fourth-order valence-corrected chi connectivity index (χ4v) is 2.79. The van der Waals surface area contributed by atoms with Gasteiger partial charge in [0.15, 0.2) is 6.10 Å². The molecule has 1 unspecified atom stereocenters. The molecule has 0 N–H and O–H groups in total. The van der Waals surface area contributed by atoms with E-state index in [1.54, 1.807) is 30.0 Å². The van der Waals surface area contributed by atoms with Crippen molar-refractivity contribution in [2.75, 3.05) is 44.3 Å². The van der Waals surface area contributed by atoms with Crippen molar-refractivity contribution in [2.24, 2.45) is 0 Å². The Morgan fingerprint density at radius 1 is 1.27 bits per heavy atom. The number of hydrogen-bond donors (Lipinski definition) is 0. The van der Waals surface area contributed by atoms with Crippen LogP contribution in [0.15, 0.2) is 18.2 Å². The van der Waals surface area contributed by atoms with E-state index in [2.05, 4.69) is 4.90 Å². The van der Waals surface area contributed by atoms with Crippen LogP contribution in [0.1, 0.15) is 17.3 Å². The second kappa shape index (κ2) is 6.46. The first-order valence-electron chi connectivity index (χ1n) is 7.56. The summed E-state index contributed by atoms with van der Waals surface area (Å²) in [6.45, 7) is 6.36. The molecular weight excluding hydrogens is 284 g/mol. The van der Waals surface area contributed by atoms with Gasteiger partial charge in [-0.05, 0) is 25.1 Å². The molecule has 0 saturated carbocycles. The smallest absolute Gasteiger partial charge is 0.267 e. The van der Waals surface area contributed by atoms with Gasteiger partial charge in [0.1, 0.15) is 12.0 Å². The molecule has 3 rings (SSSR count). The third-order valence-corrected chi connectivity index (χ3v) is 4.07. The van der Waals surface area contributed by atoms with E-state index in [0.717, 1.165) is 39.1 Å². The molecule has 1 aromatic carbocycles. The van der Waals surface area contributed by atoms with Gasteiger partial charge < -0.3 is 14.4 Å². The highest BCUT2D eigenvalue weighted by molar-refractivity contribution is 6.00. The summed E-state index contributed by atoms with van der Waals surface area (Å²) in [6.07, 6.45) is 0.280. The largest absolute Gasteiger partial charge is 0.479 e. The van der Waals surface area contributed by atoms with E-state index in [1.807, 2.05) is 0 Å². The van der Waals surface area contributed by atoms with E-state index in [0.29, 0.717) is 23.5 Å². The van der Waals surface area contributed by atoms with E-state index in [4.69, 9.17) is 9.47 Å². The van der Waals surface area contributed by atoms with Crippen molar-refractivity contribution in [3.05, 3.63) is 23.8 Å². The second-order valence-electron chi connectivity index (χ2n) is 5.55. The summed E-state index contributed by atoms with van der Waals surface area (Å²) < 4.78 is 11.0. The number of rotatable bonds is 4. The Labute approximate surface area is 129 Å². The number of carbonyl (C=O) groups excluding carboxylic acids is 2. The average molecular weight is 304 g/mol. The molecule has 0 radical (unpaired) electrons. The highest BCUT2D eigenvalue weighted by Gasteiger charge is 2.31. The molecule has 6 heteroatoms. The zero-order valence-electron chi connectivity index (χ0n) is 12.7. The molecule has 0 spiro atoms. The van der Waals surface area contributed by atoms with Gasteiger partial charge in [-0.3, -0.25) is 14.5 Å². The number of ether oxygens (including phenoxy) is 2. The van der Waals surface area contributed by atoms with Crippen LogP contribution in [-0.2, 0) is 9.53 Å². The Hall–Kier alpha value is -1.92. The molecule has 118 valence electrons. The summed E-state index contributed by atoms with van der Waals surface area (Å²) in [5.41, 5.74) is 1.22. The number of amides is 1. The fourth-order valence-electron chi connectivity index (χ4n) is 2.79. The van der Waals surface area contributed by atoms with Crippen molar-refractivity contribution in [1.82, 2.24) is 4.90 Å². The third kappa shape index (κ3) is 2.98. The zero-order valence-corrected chi connectivity index (χ0v) is 12.7. The molecule has 6 nitrogen and oxygen atoms in total. The van der Waals surface area contributed by atoms with Gasteiger partial charge in [-0.25, -0.2) is 0 Å². The van der Waals surface area contributed by atoms with Gasteiger partial charge in [-0.2, -0.15) is 0 Å². The van der Waals surface area contributed by atoms with Crippen LogP contribution in [0, 0.1) is 0 Å². The van der Waals surface area contributed by atoms with Crippen molar-refractivity contribution in [3.8, 4) is 5.75 Å². The molecule has 0 aliphatic carbocycles. The maximum absolute atomic E-state index is 12.4. The Kier molecular flexibility index (Phi) is 4.40. The Morgan fingerprint density at radius 3 is 2.77 bits per heavy atom. The van der Waals surface area contributed by atoms with Crippen LogP contribution in [-0.4, -0.2) is 62.6 Å². The number of hydrogen-bond acceptors (Lipinski definition) is 5. The molecular formula is C16H20N2O4. The van der Waals surface area contributed by atoms with Crippen LogP contribution < -0.4 is 9.64 Å². The first kappa shape index (κ1) is 15.0. The maximum Gasteiger partial charge on any atom is 0.267 e. The van der Waals surface area contributed by atoms with Crippen LogP contribution in [0.3, 0.4) is 0 Å². The van der Waals surface area contributed by atoms with Crippen molar-refractivity contribution in [1.29, 1.82) is 0 Å². The molecule has 2 aliphatic heterocycles. The molecule has 2 aliphatic rings. The minimum absolute atomic E-state index is 0.0659. The number of carbonyl (C=O) groups is 2. The normalized spacial score (nSPS) is 22.1. The van der Waals surface area contributed by atoms with Crippen LogP contribution >= 0.6 is 0 Å². The van der Waals surface area contributed by atoms with Crippen molar-refractivity contribution in [3.63, 3.8) is 0 Å². The molecule has 1 saturated heterocycles. The summed E-state index contributed by atoms with van der Waals surface area (Å²) in [4.78, 5) is 27.4. The summed E-state index contributed by atoms with van der Waals surface area (Å²) in [5, 5.41) is 0. The second-order valence-corrected chi connectivity index (χ2v) is 5.55. The van der Waals surface area contributed by atoms with Gasteiger partial charge in [0, 0.05) is 31.7 Å². The van der Waals surface area contributed by atoms with E-state index < -0.39 is 6.10 Å². The molecule has 1 aromatic rings. The molecule has 1 amide bonds. The Balaban J connectivity index is 1.79. The highest BCUT2D eigenvalue weighted by atomic mass is 16.5. The average Bonchev–Trinajstić information content (AvgIpc) is 2.56. The molecule has 22 heavy (non-hydrogen) atoms. The Morgan fingerprint density at radius 2 is 2.05 bits per heavy atom. The number of morpholine rings is 1. The summed E-state index contributed by atoms with van der Waals surface area (Å²) >= 11 is 0. The third-order valence-electron chi connectivity index (χ3n) is 4.07.